The molecular weight excluding hydrogens is 186 g/mol. The Bertz CT molecular complexity index is 171. The van der Waals surface area contributed by atoms with E-state index in [0.29, 0.717) is 11.5 Å². The third-order valence-electron chi connectivity index (χ3n) is 3.28. The molecular formula is C13H27NO. The third kappa shape index (κ3) is 4.52. The fourth-order valence-corrected chi connectivity index (χ4v) is 2.54. The molecule has 1 aliphatic rings. The van der Waals surface area contributed by atoms with Crippen LogP contribution in [0.15, 0.2) is 0 Å². The molecule has 0 aromatic rings. The fraction of sp³-hybridized carbons (Fsp3) is 1.00. The molecule has 1 saturated heterocycles. The first-order valence-electron chi connectivity index (χ1n) is 6.35. The molecule has 0 bridgehead atoms. The van der Waals surface area contributed by atoms with Crippen LogP contribution in [-0.4, -0.2) is 25.8 Å². The third-order valence-corrected chi connectivity index (χ3v) is 3.28. The molecule has 0 aromatic heterocycles. The van der Waals surface area contributed by atoms with Gasteiger partial charge in [-0.2, -0.15) is 0 Å². The average molecular weight is 213 g/mol. The highest BCUT2D eigenvalue weighted by molar-refractivity contribution is 4.85. The van der Waals surface area contributed by atoms with Crippen LogP contribution in [0.25, 0.3) is 0 Å². The maximum atomic E-state index is 5.49. The van der Waals surface area contributed by atoms with Gasteiger partial charge in [0, 0.05) is 25.8 Å². The zero-order chi connectivity index (χ0) is 11.3. The molecule has 2 nitrogen and oxygen atoms in total. The van der Waals surface area contributed by atoms with Gasteiger partial charge in [0.05, 0.1) is 0 Å². The number of nitrogens with one attached hydrogen (secondary N) is 1. The highest BCUT2D eigenvalue weighted by atomic mass is 16.5. The van der Waals surface area contributed by atoms with Gasteiger partial charge >= 0.3 is 0 Å². The van der Waals surface area contributed by atoms with Gasteiger partial charge in [-0.3, -0.25) is 0 Å². The monoisotopic (exact) mass is 213 g/mol. The first-order chi connectivity index (χ1) is 7.04. The topological polar surface area (TPSA) is 21.3 Å². The van der Waals surface area contributed by atoms with Gasteiger partial charge in [-0.05, 0) is 30.6 Å². The minimum Gasteiger partial charge on any atom is -0.381 e. The van der Waals surface area contributed by atoms with Crippen molar-refractivity contribution >= 4 is 0 Å². The van der Waals surface area contributed by atoms with Gasteiger partial charge in [0.15, 0.2) is 0 Å². The lowest BCUT2D eigenvalue weighted by atomic mass is 9.74. The van der Waals surface area contributed by atoms with Crippen LogP contribution in [0.2, 0.25) is 0 Å². The summed E-state index contributed by atoms with van der Waals surface area (Å²) in [7, 11) is 0. The summed E-state index contributed by atoms with van der Waals surface area (Å²) in [5.41, 5.74) is 0.497. The summed E-state index contributed by atoms with van der Waals surface area (Å²) in [4.78, 5) is 0. The maximum Gasteiger partial charge on any atom is 0.0471 e. The van der Waals surface area contributed by atoms with Gasteiger partial charge in [-0.15, -0.1) is 0 Å². The van der Waals surface area contributed by atoms with Crippen LogP contribution in [0.4, 0.5) is 0 Å². The molecule has 2 heteroatoms. The standard InChI is InChI=1S/C13H27NO/c1-11(2)9-13(10-14-12(3)4)5-7-15-8-6-13/h11-12,14H,5-10H2,1-4H3. The summed E-state index contributed by atoms with van der Waals surface area (Å²) in [6, 6.07) is 0.594. The molecule has 0 amide bonds. The van der Waals surface area contributed by atoms with Crippen molar-refractivity contribution < 1.29 is 4.74 Å². The van der Waals surface area contributed by atoms with Crippen LogP contribution in [0.5, 0.6) is 0 Å². The molecule has 0 saturated carbocycles. The van der Waals surface area contributed by atoms with Crippen LogP contribution in [0.1, 0.15) is 47.0 Å². The van der Waals surface area contributed by atoms with E-state index in [4.69, 9.17) is 4.74 Å². The second kappa shape index (κ2) is 5.86. The number of hydrogen-bond donors (Lipinski definition) is 1. The summed E-state index contributed by atoms with van der Waals surface area (Å²) in [5, 5.41) is 3.61. The average Bonchev–Trinajstić information content (AvgIpc) is 2.15. The summed E-state index contributed by atoms with van der Waals surface area (Å²) in [6.07, 6.45) is 3.78. The predicted molar refractivity (Wildman–Crippen MR) is 65.1 cm³/mol. The Labute approximate surface area is 94.8 Å². The molecule has 1 N–H and O–H groups in total. The Balaban J connectivity index is 2.50. The van der Waals surface area contributed by atoms with Crippen molar-refractivity contribution in [3.05, 3.63) is 0 Å². The van der Waals surface area contributed by atoms with E-state index in [1.54, 1.807) is 0 Å². The van der Waals surface area contributed by atoms with E-state index >= 15 is 0 Å². The molecule has 1 rings (SSSR count). The van der Waals surface area contributed by atoms with Crippen LogP contribution in [0.3, 0.4) is 0 Å². The second-order valence-electron chi connectivity index (χ2n) is 5.75. The molecule has 0 radical (unpaired) electrons. The maximum absolute atomic E-state index is 5.49. The molecule has 0 spiro atoms. The lowest BCUT2D eigenvalue weighted by molar-refractivity contribution is 0.00350. The first-order valence-corrected chi connectivity index (χ1v) is 6.35. The normalized spacial score (nSPS) is 21.2. The SMILES string of the molecule is CC(C)CC1(CNC(C)C)CCOCC1. The van der Waals surface area contributed by atoms with E-state index in [0.717, 1.165) is 25.7 Å². The Morgan fingerprint density at radius 3 is 2.20 bits per heavy atom. The molecule has 90 valence electrons. The summed E-state index contributed by atoms with van der Waals surface area (Å²) in [6.45, 7) is 12.2. The minimum atomic E-state index is 0.497. The van der Waals surface area contributed by atoms with Crippen molar-refractivity contribution in [1.29, 1.82) is 0 Å². The highest BCUT2D eigenvalue weighted by Gasteiger charge is 2.32. The van der Waals surface area contributed by atoms with Gasteiger partial charge in [-0.25, -0.2) is 0 Å². The van der Waals surface area contributed by atoms with Gasteiger partial charge in [-0.1, -0.05) is 27.7 Å². The lowest BCUT2D eigenvalue weighted by Gasteiger charge is -2.39. The van der Waals surface area contributed by atoms with Gasteiger partial charge in [0.25, 0.3) is 0 Å². The van der Waals surface area contributed by atoms with E-state index in [2.05, 4.69) is 33.0 Å². The van der Waals surface area contributed by atoms with Crippen LogP contribution in [0, 0.1) is 11.3 Å². The molecule has 1 heterocycles. The summed E-state index contributed by atoms with van der Waals surface area (Å²) >= 11 is 0. The number of rotatable bonds is 5. The molecule has 0 atom stereocenters. The predicted octanol–water partition coefficient (Wildman–Crippen LogP) is 2.83. The van der Waals surface area contributed by atoms with Crippen molar-refractivity contribution in [2.24, 2.45) is 11.3 Å². The fourth-order valence-electron chi connectivity index (χ4n) is 2.54. The van der Waals surface area contributed by atoms with E-state index < -0.39 is 0 Å². The van der Waals surface area contributed by atoms with Crippen LogP contribution < -0.4 is 5.32 Å². The van der Waals surface area contributed by atoms with E-state index in [9.17, 15) is 0 Å². The first kappa shape index (κ1) is 13.0. The Morgan fingerprint density at radius 2 is 1.73 bits per heavy atom. The van der Waals surface area contributed by atoms with Crippen molar-refractivity contribution in [2.75, 3.05) is 19.8 Å². The molecule has 0 unspecified atom stereocenters. The molecule has 15 heavy (non-hydrogen) atoms. The quantitative estimate of drug-likeness (QED) is 0.758. The summed E-state index contributed by atoms with van der Waals surface area (Å²) in [5.74, 6) is 0.789. The second-order valence-corrected chi connectivity index (χ2v) is 5.75. The number of ether oxygens (including phenoxy) is 1. The Hall–Kier alpha value is -0.0800. The van der Waals surface area contributed by atoms with Gasteiger partial charge < -0.3 is 10.1 Å². The molecule has 0 aromatic carbocycles. The van der Waals surface area contributed by atoms with Crippen molar-refractivity contribution in [1.82, 2.24) is 5.32 Å². The Morgan fingerprint density at radius 1 is 1.13 bits per heavy atom. The van der Waals surface area contributed by atoms with Crippen LogP contribution >= 0.6 is 0 Å². The molecule has 0 aliphatic carbocycles. The minimum absolute atomic E-state index is 0.497. The van der Waals surface area contributed by atoms with Crippen molar-refractivity contribution in [3.63, 3.8) is 0 Å². The zero-order valence-electron chi connectivity index (χ0n) is 10.8. The Kier molecular flexibility index (Phi) is 5.07. The van der Waals surface area contributed by atoms with Crippen molar-refractivity contribution in [2.45, 2.75) is 53.0 Å². The van der Waals surface area contributed by atoms with E-state index in [-0.39, 0.29) is 0 Å². The smallest absolute Gasteiger partial charge is 0.0471 e. The van der Waals surface area contributed by atoms with E-state index in [1.165, 1.54) is 19.3 Å². The summed E-state index contributed by atoms with van der Waals surface area (Å²) < 4.78 is 5.49. The number of hydrogen-bond acceptors (Lipinski definition) is 2. The van der Waals surface area contributed by atoms with E-state index in [1.807, 2.05) is 0 Å². The lowest BCUT2D eigenvalue weighted by Crippen LogP contribution is -2.42. The van der Waals surface area contributed by atoms with Crippen LogP contribution in [-0.2, 0) is 4.74 Å². The van der Waals surface area contributed by atoms with Gasteiger partial charge in [0.2, 0.25) is 0 Å². The largest absolute Gasteiger partial charge is 0.381 e. The molecule has 1 fully saturated rings. The van der Waals surface area contributed by atoms with Crippen molar-refractivity contribution in [3.8, 4) is 0 Å². The highest BCUT2D eigenvalue weighted by Crippen LogP contribution is 2.36. The zero-order valence-corrected chi connectivity index (χ0v) is 10.8. The van der Waals surface area contributed by atoms with Gasteiger partial charge in [0.1, 0.15) is 0 Å². The molecule has 1 aliphatic heterocycles.